The molecule has 0 fully saturated rings. The van der Waals surface area contributed by atoms with Crippen LogP contribution < -0.4 is 0 Å². The van der Waals surface area contributed by atoms with Crippen LogP contribution in [0.5, 0.6) is 0 Å². The predicted molar refractivity (Wildman–Crippen MR) is 34.3 cm³/mol. The summed E-state index contributed by atoms with van der Waals surface area (Å²) in [5.41, 5.74) is 0. The molecule has 0 unspecified atom stereocenters. The van der Waals surface area contributed by atoms with E-state index < -0.39 is 36.2 Å². The molecule has 102 valence electrons. The average Bonchev–Trinajstić information content (AvgIpc) is 2.14. The van der Waals surface area contributed by atoms with Crippen LogP contribution in [0.15, 0.2) is 0 Å². The van der Waals surface area contributed by atoms with Crippen molar-refractivity contribution in [2.45, 2.75) is 12.4 Å². The Morgan fingerprint density at radius 2 is 0.833 bits per heavy atom. The van der Waals surface area contributed by atoms with Crippen LogP contribution in [0.2, 0.25) is 0 Å². The number of halogens is 6. The first-order chi connectivity index (χ1) is 7.85. The number of rotatable bonds is 0. The van der Waals surface area contributed by atoms with Gasteiger partial charge < -0.3 is 9.47 Å². The number of alkyl halides is 6. The van der Waals surface area contributed by atoms with Gasteiger partial charge in [0.25, 0.3) is 0 Å². The van der Waals surface area contributed by atoms with Crippen molar-refractivity contribution in [3.05, 3.63) is 0 Å². The topological polar surface area (TPSA) is 86.7 Å². The Balaban J connectivity index is 4.52. The molecule has 0 aromatic rings. The molecule has 6 nitrogen and oxygen atoms in total. The van der Waals surface area contributed by atoms with Gasteiger partial charge in [-0.05, 0) is 0 Å². The first-order valence-corrected chi connectivity index (χ1v) is 3.52. The van der Waals surface area contributed by atoms with Crippen LogP contribution in [-0.2, 0) is 28.7 Å². The van der Waals surface area contributed by atoms with E-state index >= 15 is 0 Å². The second-order valence-electron chi connectivity index (χ2n) is 2.35. The van der Waals surface area contributed by atoms with Crippen molar-refractivity contribution in [2.24, 2.45) is 0 Å². The summed E-state index contributed by atoms with van der Waals surface area (Å²) in [6, 6.07) is 0. The largest absolute Gasteiger partial charge is 0.491 e. The summed E-state index contributed by atoms with van der Waals surface area (Å²) in [4.78, 5) is 40.6. The van der Waals surface area contributed by atoms with Crippen molar-refractivity contribution in [2.75, 3.05) is 0 Å². The molecule has 12 heteroatoms. The maximum absolute atomic E-state index is 11.5. The minimum absolute atomic E-state index is 2.71. The summed E-state index contributed by atoms with van der Waals surface area (Å²) < 4.78 is 74.6. The Morgan fingerprint density at radius 3 is 1.00 bits per heavy atom. The van der Waals surface area contributed by atoms with Gasteiger partial charge in [-0.1, -0.05) is 0 Å². The van der Waals surface area contributed by atoms with Crippen LogP contribution >= 0.6 is 0 Å². The lowest BCUT2D eigenvalue weighted by atomic mass is 10.6. The molecule has 0 amide bonds. The Labute approximate surface area is 92.4 Å². The maximum atomic E-state index is 11.5. The highest BCUT2D eigenvalue weighted by molar-refractivity contribution is 6.33. The van der Waals surface area contributed by atoms with E-state index in [9.17, 15) is 45.5 Å². The Morgan fingerprint density at radius 1 is 0.611 bits per heavy atom. The molecule has 0 heterocycles. The molecule has 18 heavy (non-hydrogen) atoms. The summed E-state index contributed by atoms with van der Waals surface area (Å²) in [6.07, 6.45) is -11.3. The highest BCUT2D eigenvalue weighted by Gasteiger charge is 2.46. The first kappa shape index (κ1) is 15.9. The maximum Gasteiger partial charge on any atom is 0.491 e. The molecule has 0 aliphatic heterocycles. The van der Waals surface area contributed by atoms with Gasteiger partial charge in [0.05, 0.1) is 0 Å². The van der Waals surface area contributed by atoms with Gasteiger partial charge in [0.1, 0.15) is 0 Å². The third-order valence-corrected chi connectivity index (χ3v) is 1.00. The third kappa shape index (κ3) is 4.80. The van der Waals surface area contributed by atoms with Gasteiger partial charge in [-0.15, -0.1) is 0 Å². The Bertz CT molecular complexity index is 354. The van der Waals surface area contributed by atoms with E-state index in [1.807, 2.05) is 0 Å². The van der Waals surface area contributed by atoms with Crippen molar-refractivity contribution in [3.8, 4) is 0 Å². The number of carbonyl (C=O) groups is 4. The van der Waals surface area contributed by atoms with Crippen LogP contribution in [0.1, 0.15) is 0 Å². The minimum atomic E-state index is -5.65. The molecule has 0 radical (unpaired) electrons. The fourth-order valence-electron chi connectivity index (χ4n) is 0.367. The summed E-state index contributed by atoms with van der Waals surface area (Å²) in [7, 11) is 0. The van der Waals surface area contributed by atoms with E-state index in [1.54, 1.807) is 0 Å². The van der Waals surface area contributed by atoms with Crippen molar-refractivity contribution in [1.82, 2.24) is 0 Å². The molecule has 0 aromatic heterocycles. The van der Waals surface area contributed by atoms with Crippen molar-refractivity contribution >= 4 is 23.9 Å². The van der Waals surface area contributed by atoms with E-state index in [4.69, 9.17) is 0 Å². The van der Waals surface area contributed by atoms with Gasteiger partial charge >= 0.3 is 36.2 Å². The van der Waals surface area contributed by atoms with Crippen LogP contribution in [0.4, 0.5) is 26.3 Å². The molecule has 0 saturated carbocycles. The fourth-order valence-corrected chi connectivity index (χ4v) is 0.367. The average molecular weight is 282 g/mol. The first-order valence-electron chi connectivity index (χ1n) is 3.52. The van der Waals surface area contributed by atoms with Crippen LogP contribution in [-0.4, -0.2) is 36.2 Å². The molecule has 0 bridgehead atoms. The summed E-state index contributed by atoms with van der Waals surface area (Å²) in [6.45, 7) is 0. The van der Waals surface area contributed by atoms with E-state index in [1.165, 1.54) is 0 Å². The monoisotopic (exact) mass is 282 g/mol. The zero-order valence-electron chi connectivity index (χ0n) is 7.72. The lowest BCUT2D eigenvalue weighted by Crippen LogP contribution is -2.35. The Hall–Kier alpha value is -2.14. The molecule has 0 aliphatic carbocycles. The van der Waals surface area contributed by atoms with Crippen LogP contribution in [0.3, 0.4) is 0 Å². The lowest BCUT2D eigenvalue weighted by molar-refractivity contribution is -0.210. The second kappa shape index (κ2) is 5.01. The number of esters is 4. The summed E-state index contributed by atoms with van der Waals surface area (Å²) in [5.74, 6) is -11.7. The molecule has 0 spiro atoms. The van der Waals surface area contributed by atoms with Crippen molar-refractivity contribution in [3.63, 3.8) is 0 Å². The van der Waals surface area contributed by atoms with Gasteiger partial charge in [-0.2, -0.15) is 26.3 Å². The second-order valence-corrected chi connectivity index (χ2v) is 2.35. The van der Waals surface area contributed by atoms with Gasteiger partial charge in [0.2, 0.25) is 0 Å². The normalized spacial score (nSPS) is 11.7. The Kier molecular flexibility index (Phi) is 4.42. The molecular formula is C6F6O6. The number of hydrogen-bond acceptors (Lipinski definition) is 6. The minimum Gasteiger partial charge on any atom is -0.378 e. The van der Waals surface area contributed by atoms with E-state index in [-0.39, 0.29) is 0 Å². The highest BCUT2D eigenvalue weighted by atomic mass is 19.4. The number of hydrogen-bond donors (Lipinski definition) is 0. The molecule has 0 rings (SSSR count). The molecule has 0 saturated heterocycles. The van der Waals surface area contributed by atoms with E-state index in [2.05, 4.69) is 9.47 Å². The zero-order valence-corrected chi connectivity index (χ0v) is 7.72. The van der Waals surface area contributed by atoms with Gasteiger partial charge in [-0.3, -0.25) is 0 Å². The fraction of sp³-hybridized carbons (Fsp3) is 0.333. The van der Waals surface area contributed by atoms with Gasteiger partial charge in [0.15, 0.2) is 0 Å². The molecular weight excluding hydrogens is 282 g/mol. The van der Waals surface area contributed by atoms with Gasteiger partial charge in [0, 0.05) is 0 Å². The van der Waals surface area contributed by atoms with Crippen LogP contribution in [0, 0.1) is 0 Å². The van der Waals surface area contributed by atoms with Crippen molar-refractivity contribution < 1.29 is 55.0 Å². The molecule has 0 atom stereocenters. The SMILES string of the molecule is O=C(OC(=O)C(F)(F)F)C(=O)OC(=O)C(F)(F)F. The highest BCUT2D eigenvalue weighted by Crippen LogP contribution is 2.18. The lowest BCUT2D eigenvalue weighted by Gasteiger charge is -2.06. The molecule has 0 aliphatic rings. The van der Waals surface area contributed by atoms with E-state index in [0.717, 1.165) is 0 Å². The smallest absolute Gasteiger partial charge is 0.378 e. The third-order valence-electron chi connectivity index (χ3n) is 1.00. The van der Waals surface area contributed by atoms with Gasteiger partial charge in [-0.25, -0.2) is 19.2 Å². The molecule has 0 aromatic carbocycles. The predicted octanol–water partition coefficient (Wildman–Crippen LogP) is 0.251. The number of ether oxygens (including phenoxy) is 2. The standard InChI is InChI=1S/C6F6O6/c7-5(8,9)3(15)17-1(13)2(14)18-4(16)6(10,11)12. The van der Waals surface area contributed by atoms with Crippen molar-refractivity contribution in [1.29, 1.82) is 0 Å². The van der Waals surface area contributed by atoms with Crippen LogP contribution in [0.25, 0.3) is 0 Å². The number of carbonyl (C=O) groups excluding carboxylic acids is 4. The summed E-state index contributed by atoms with van der Waals surface area (Å²) in [5, 5.41) is 0. The zero-order chi connectivity index (χ0) is 14.7. The quantitative estimate of drug-likeness (QED) is 0.274. The molecule has 0 N–H and O–H groups in total. The summed E-state index contributed by atoms with van der Waals surface area (Å²) >= 11 is 0. The van der Waals surface area contributed by atoms with E-state index in [0.29, 0.717) is 0 Å².